The Morgan fingerprint density at radius 2 is 1.87 bits per heavy atom. The number of rotatable bonds is 7. The average molecular weight is 438 g/mol. The van der Waals surface area contributed by atoms with Crippen LogP contribution in [0.1, 0.15) is 17.2 Å². The van der Waals surface area contributed by atoms with Crippen molar-refractivity contribution in [3.05, 3.63) is 93.0 Å². The molecule has 0 saturated heterocycles. The summed E-state index contributed by atoms with van der Waals surface area (Å²) in [6.07, 6.45) is -1.09. The van der Waals surface area contributed by atoms with Crippen molar-refractivity contribution >= 4 is 28.9 Å². The molecule has 3 aromatic carbocycles. The van der Waals surface area contributed by atoms with Crippen LogP contribution >= 0.6 is 11.6 Å². The fraction of sp³-hybridized carbons (Fsp3) is 0.0909. The maximum absolute atomic E-state index is 13.1. The summed E-state index contributed by atoms with van der Waals surface area (Å²) >= 11 is 6.10. The summed E-state index contributed by atoms with van der Waals surface area (Å²) in [5.74, 6) is 0.00909. The lowest BCUT2D eigenvalue weighted by atomic mass is 10.1. The Kier molecular flexibility index (Phi) is 6.70. The highest BCUT2D eigenvalue weighted by Gasteiger charge is 2.25. The van der Waals surface area contributed by atoms with E-state index in [-0.39, 0.29) is 22.1 Å². The third kappa shape index (κ3) is 5.10. The molecule has 1 atom stereocenters. The molecule has 0 aliphatic rings. The zero-order valence-electron chi connectivity index (χ0n) is 16.2. The largest absolute Gasteiger partial charge is 0.493 e. The number of nitrogens with one attached hydrogen (secondary N) is 1. The number of halogens is 1. The standard InChI is InChI=1S/C22H16ClN3O5/c1-30-20-11-14(13-24)7-10-19(20)31-21(15-5-3-2-4-6-15)22(27)25-18-9-8-16(26(28)29)12-17(18)23/h2-12,21H,1H3,(H,25,27)/t21-/m1/s1. The summed E-state index contributed by atoms with van der Waals surface area (Å²) in [5, 5.41) is 22.6. The van der Waals surface area contributed by atoms with Crippen LogP contribution in [0.2, 0.25) is 5.02 Å². The van der Waals surface area contributed by atoms with E-state index < -0.39 is 16.9 Å². The monoisotopic (exact) mass is 437 g/mol. The summed E-state index contributed by atoms with van der Waals surface area (Å²) in [4.78, 5) is 23.4. The molecule has 3 rings (SSSR count). The van der Waals surface area contributed by atoms with E-state index in [2.05, 4.69) is 5.32 Å². The minimum absolute atomic E-state index is 0.0188. The van der Waals surface area contributed by atoms with Crippen molar-refractivity contribution in [2.45, 2.75) is 6.10 Å². The highest BCUT2D eigenvalue weighted by atomic mass is 35.5. The molecule has 0 aliphatic heterocycles. The van der Waals surface area contributed by atoms with Gasteiger partial charge in [0.25, 0.3) is 11.6 Å². The molecule has 9 heteroatoms. The molecule has 1 amide bonds. The highest BCUT2D eigenvalue weighted by molar-refractivity contribution is 6.34. The van der Waals surface area contributed by atoms with Crippen molar-refractivity contribution in [1.82, 2.24) is 0 Å². The van der Waals surface area contributed by atoms with E-state index in [4.69, 9.17) is 26.3 Å². The van der Waals surface area contributed by atoms with Crippen molar-refractivity contribution in [2.24, 2.45) is 0 Å². The van der Waals surface area contributed by atoms with E-state index in [9.17, 15) is 14.9 Å². The maximum atomic E-state index is 13.1. The maximum Gasteiger partial charge on any atom is 0.271 e. The fourth-order valence-corrected chi connectivity index (χ4v) is 3.00. The SMILES string of the molecule is COc1cc(C#N)ccc1O[C@@H](C(=O)Nc1ccc([N+](=O)[O-])cc1Cl)c1ccccc1. The lowest BCUT2D eigenvalue weighted by Gasteiger charge is -2.21. The van der Waals surface area contributed by atoms with Gasteiger partial charge in [0.15, 0.2) is 11.5 Å². The summed E-state index contributed by atoms with van der Waals surface area (Å²) in [5.41, 5.74) is 0.946. The molecular formula is C22H16ClN3O5. The Bertz CT molecular complexity index is 1160. The molecule has 0 aromatic heterocycles. The number of ether oxygens (including phenoxy) is 2. The van der Waals surface area contributed by atoms with Crippen LogP contribution in [-0.4, -0.2) is 17.9 Å². The third-order valence-corrected chi connectivity index (χ3v) is 4.61. The van der Waals surface area contributed by atoms with Crippen LogP contribution in [0.3, 0.4) is 0 Å². The van der Waals surface area contributed by atoms with Crippen LogP contribution in [-0.2, 0) is 4.79 Å². The second-order valence-corrected chi connectivity index (χ2v) is 6.70. The summed E-state index contributed by atoms with van der Waals surface area (Å²) < 4.78 is 11.2. The van der Waals surface area contributed by atoms with Gasteiger partial charge in [0, 0.05) is 23.8 Å². The Morgan fingerprint density at radius 1 is 1.13 bits per heavy atom. The molecule has 0 fully saturated rings. The third-order valence-electron chi connectivity index (χ3n) is 4.30. The molecule has 8 nitrogen and oxygen atoms in total. The van der Waals surface area contributed by atoms with Crippen LogP contribution in [0, 0.1) is 21.4 Å². The van der Waals surface area contributed by atoms with Crippen molar-refractivity contribution < 1.29 is 19.2 Å². The molecule has 0 aliphatic carbocycles. The quantitative estimate of drug-likeness (QED) is 0.415. The number of methoxy groups -OCH3 is 1. The van der Waals surface area contributed by atoms with Gasteiger partial charge in [-0.15, -0.1) is 0 Å². The predicted molar refractivity (Wildman–Crippen MR) is 114 cm³/mol. The van der Waals surface area contributed by atoms with E-state index >= 15 is 0 Å². The van der Waals surface area contributed by atoms with Gasteiger partial charge in [-0.25, -0.2) is 0 Å². The predicted octanol–water partition coefficient (Wildman–Crippen LogP) is 4.89. The van der Waals surface area contributed by atoms with Gasteiger partial charge in [0.1, 0.15) is 0 Å². The summed E-state index contributed by atoms with van der Waals surface area (Å²) in [7, 11) is 1.43. The number of non-ortho nitro benzene ring substituents is 1. The van der Waals surface area contributed by atoms with Crippen molar-refractivity contribution in [1.29, 1.82) is 5.26 Å². The molecule has 0 bridgehead atoms. The van der Waals surface area contributed by atoms with Gasteiger partial charge < -0.3 is 14.8 Å². The summed E-state index contributed by atoms with van der Waals surface area (Å²) in [6, 6.07) is 19.1. The van der Waals surface area contributed by atoms with Crippen LogP contribution in [0.4, 0.5) is 11.4 Å². The topological polar surface area (TPSA) is 114 Å². The molecule has 156 valence electrons. The van der Waals surface area contributed by atoms with Gasteiger partial charge in [-0.3, -0.25) is 14.9 Å². The highest BCUT2D eigenvalue weighted by Crippen LogP contribution is 2.33. The first-order valence-corrected chi connectivity index (χ1v) is 9.35. The van der Waals surface area contributed by atoms with E-state index in [0.29, 0.717) is 16.9 Å². The minimum atomic E-state index is -1.09. The number of hydrogen-bond donors (Lipinski definition) is 1. The lowest BCUT2D eigenvalue weighted by molar-refractivity contribution is -0.384. The number of nitro groups is 1. The van der Waals surface area contributed by atoms with Crippen molar-refractivity contribution in [3.63, 3.8) is 0 Å². The van der Waals surface area contributed by atoms with E-state index in [1.807, 2.05) is 6.07 Å². The Balaban J connectivity index is 1.93. The van der Waals surface area contributed by atoms with Gasteiger partial charge in [-0.1, -0.05) is 41.9 Å². The smallest absolute Gasteiger partial charge is 0.271 e. The second-order valence-electron chi connectivity index (χ2n) is 6.30. The summed E-state index contributed by atoms with van der Waals surface area (Å²) in [6.45, 7) is 0. The zero-order chi connectivity index (χ0) is 22.4. The Labute approximate surface area is 182 Å². The molecule has 3 aromatic rings. The second kappa shape index (κ2) is 9.61. The number of carbonyl (C=O) groups excluding carboxylic acids is 1. The van der Waals surface area contributed by atoms with Gasteiger partial charge in [0.05, 0.1) is 34.4 Å². The van der Waals surface area contributed by atoms with Crippen LogP contribution in [0.15, 0.2) is 66.7 Å². The van der Waals surface area contributed by atoms with Gasteiger partial charge >= 0.3 is 0 Å². The number of amides is 1. The number of benzene rings is 3. The number of nitrogens with zero attached hydrogens (tertiary/aromatic N) is 2. The molecular weight excluding hydrogens is 422 g/mol. The Morgan fingerprint density at radius 3 is 2.48 bits per heavy atom. The van der Waals surface area contributed by atoms with Crippen LogP contribution < -0.4 is 14.8 Å². The zero-order valence-corrected chi connectivity index (χ0v) is 17.0. The van der Waals surface area contributed by atoms with Gasteiger partial charge in [-0.05, 0) is 18.2 Å². The van der Waals surface area contributed by atoms with E-state index in [0.717, 1.165) is 6.07 Å². The Hall–Kier alpha value is -4.09. The first-order valence-electron chi connectivity index (χ1n) is 8.97. The molecule has 0 spiro atoms. The molecule has 0 unspecified atom stereocenters. The molecule has 1 N–H and O–H groups in total. The average Bonchev–Trinajstić information content (AvgIpc) is 2.79. The van der Waals surface area contributed by atoms with Crippen LogP contribution in [0.25, 0.3) is 0 Å². The first-order chi connectivity index (χ1) is 14.9. The molecule has 0 radical (unpaired) electrons. The molecule has 31 heavy (non-hydrogen) atoms. The van der Waals surface area contributed by atoms with E-state index in [1.165, 1.54) is 25.3 Å². The first kappa shape index (κ1) is 21.6. The molecule has 0 heterocycles. The van der Waals surface area contributed by atoms with E-state index in [1.54, 1.807) is 42.5 Å². The minimum Gasteiger partial charge on any atom is -0.493 e. The number of anilines is 1. The number of carbonyl (C=O) groups is 1. The van der Waals surface area contributed by atoms with Gasteiger partial charge in [0.2, 0.25) is 6.10 Å². The van der Waals surface area contributed by atoms with Crippen molar-refractivity contribution in [3.8, 4) is 17.6 Å². The number of nitriles is 1. The van der Waals surface area contributed by atoms with Gasteiger partial charge in [-0.2, -0.15) is 5.26 Å². The lowest BCUT2D eigenvalue weighted by Crippen LogP contribution is -2.26. The van der Waals surface area contributed by atoms with Crippen molar-refractivity contribution in [2.75, 3.05) is 12.4 Å². The van der Waals surface area contributed by atoms with Crippen LogP contribution in [0.5, 0.6) is 11.5 Å². The normalized spacial score (nSPS) is 11.1. The fourth-order valence-electron chi connectivity index (χ4n) is 2.78. The number of nitro benzene ring substituents is 1. The molecule has 0 saturated carbocycles. The number of hydrogen-bond acceptors (Lipinski definition) is 6.